The van der Waals surface area contributed by atoms with Crippen molar-refractivity contribution in [3.8, 4) is 0 Å². The number of halogens is 1. The van der Waals surface area contributed by atoms with Crippen molar-refractivity contribution < 1.29 is 8.42 Å². The van der Waals surface area contributed by atoms with E-state index in [1.54, 1.807) is 24.3 Å². The van der Waals surface area contributed by atoms with Crippen LogP contribution < -0.4 is 10.5 Å². The third-order valence-corrected chi connectivity index (χ3v) is 5.68. The van der Waals surface area contributed by atoms with Crippen LogP contribution in [0.4, 0.5) is 0 Å². The summed E-state index contributed by atoms with van der Waals surface area (Å²) in [5, 5.41) is 0. The van der Waals surface area contributed by atoms with Gasteiger partial charge in [-0.15, -0.1) is 0 Å². The van der Waals surface area contributed by atoms with Gasteiger partial charge in [0.2, 0.25) is 10.0 Å². The smallest absolute Gasteiger partial charge is 0.240 e. The third kappa shape index (κ3) is 3.78. The minimum absolute atomic E-state index is 0.0348. The molecular formula is C13H19BrN2O2S. The van der Waals surface area contributed by atoms with E-state index in [1.807, 2.05) is 0 Å². The average Bonchev–Trinajstić information content (AvgIpc) is 2.39. The van der Waals surface area contributed by atoms with Crippen LogP contribution in [-0.4, -0.2) is 21.0 Å². The standard InChI is InChI=1S/C13H19BrN2O2S/c14-11-5-7-12(8-6-11)19(17,18)16-13-4-2-1-3-10(13)9-15/h5-8,10,13,16H,1-4,9,15H2. The number of hydrogen-bond donors (Lipinski definition) is 2. The molecule has 1 aliphatic rings. The molecule has 0 radical (unpaired) electrons. The fraction of sp³-hybridized carbons (Fsp3) is 0.538. The molecule has 1 saturated carbocycles. The van der Waals surface area contributed by atoms with Crippen molar-refractivity contribution in [2.75, 3.05) is 6.54 Å². The molecule has 2 rings (SSSR count). The maximum Gasteiger partial charge on any atom is 0.240 e. The predicted molar refractivity (Wildman–Crippen MR) is 79.3 cm³/mol. The third-order valence-electron chi connectivity index (χ3n) is 3.64. The van der Waals surface area contributed by atoms with Crippen molar-refractivity contribution in [2.24, 2.45) is 11.7 Å². The highest BCUT2D eigenvalue weighted by Crippen LogP contribution is 2.25. The largest absolute Gasteiger partial charge is 0.330 e. The number of nitrogens with two attached hydrogens (primary N) is 1. The highest BCUT2D eigenvalue weighted by Gasteiger charge is 2.28. The molecule has 0 amide bonds. The monoisotopic (exact) mass is 346 g/mol. The first-order valence-electron chi connectivity index (χ1n) is 6.51. The van der Waals surface area contributed by atoms with Crippen LogP contribution >= 0.6 is 15.9 Å². The maximum atomic E-state index is 12.3. The van der Waals surface area contributed by atoms with E-state index in [0.717, 1.165) is 30.2 Å². The molecule has 0 bridgehead atoms. The zero-order valence-corrected chi connectivity index (χ0v) is 13.1. The Kier molecular flexibility index (Phi) is 5.00. The van der Waals surface area contributed by atoms with Crippen molar-refractivity contribution in [3.05, 3.63) is 28.7 Å². The van der Waals surface area contributed by atoms with Crippen molar-refractivity contribution >= 4 is 26.0 Å². The van der Waals surface area contributed by atoms with Crippen LogP contribution in [0.5, 0.6) is 0 Å². The maximum absolute atomic E-state index is 12.3. The van der Waals surface area contributed by atoms with E-state index >= 15 is 0 Å². The Hall–Kier alpha value is -0.430. The molecule has 0 heterocycles. The second kappa shape index (κ2) is 6.35. The van der Waals surface area contributed by atoms with Crippen LogP contribution in [0.2, 0.25) is 0 Å². The van der Waals surface area contributed by atoms with Gasteiger partial charge in [0.1, 0.15) is 0 Å². The lowest BCUT2D eigenvalue weighted by Gasteiger charge is -2.31. The summed E-state index contributed by atoms with van der Waals surface area (Å²) in [5.41, 5.74) is 5.73. The van der Waals surface area contributed by atoms with Gasteiger partial charge in [-0.2, -0.15) is 0 Å². The van der Waals surface area contributed by atoms with E-state index in [1.165, 1.54) is 0 Å². The molecule has 0 aromatic heterocycles. The van der Waals surface area contributed by atoms with Gasteiger partial charge in [-0.25, -0.2) is 13.1 Å². The number of sulfonamides is 1. The summed E-state index contributed by atoms with van der Waals surface area (Å²) in [6, 6.07) is 6.64. The van der Waals surface area contributed by atoms with Gasteiger partial charge < -0.3 is 5.73 Å². The number of benzene rings is 1. The predicted octanol–water partition coefficient (Wildman–Crippen LogP) is 2.24. The van der Waals surface area contributed by atoms with E-state index < -0.39 is 10.0 Å². The molecular weight excluding hydrogens is 328 g/mol. The topological polar surface area (TPSA) is 72.2 Å². The molecule has 4 nitrogen and oxygen atoms in total. The number of hydrogen-bond acceptors (Lipinski definition) is 3. The molecule has 6 heteroatoms. The minimum Gasteiger partial charge on any atom is -0.330 e. The highest BCUT2D eigenvalue weighted by molar-refractivity contribution is 9.10. The molecule has 0 saturated heterocycles. The van der Waals surface area contributed by atoms with Gasteiger partial charge >= 0.3 is 0 Å². The first-order chi connectivity index (χ1) is 9.03. The lowest BCUT2D eigenvalue weighted by Crippen LogP contribution is -2.44. The lowest BCUT2D eigenvalue weighted by atomic mass is 9.85. The van der Waals surface area contributed by atoms with E-state index in [0.29, 0.717) is 11.4 Å². The summed E-state index contributed by atoms with van der Waals surface area (Å²) in [5.74, 6) is 0.249. The van der Waals surface area contributed by atoms with Crippen LogP contribution in [0.25, 0.3) is 0 Å². The molecule has 2 atom stereocenters. The Morgan fingerprint density at radius 3 is 2.47 bits per heavy atom. The fourth-order valence-electron chi connectivity index (χ4n) is 2.53. The van der Waals surface area contributed by atoms with E-state index in [-0.39, 0.29) is 12.0 Å². The molecule has 1 aliphatic carbocycles. The molecule has 2 unspecified atom stereocenters. The zero-order valence-electron chi connectivity index (χ0n) is 10.7. The zero-order chi connectivity index (χ0) is 13.9. The summed E-state index contributed by atoms with van der Waals surface area (Å²) < 4.78 is 28.3. The van der Waals surface area contributed by atoms with Crippen molar-refractivity contribution in [1.29, 1.82) is 0 Å². The van der Waals surface area contributed by atoms with Gasteiger partial charge in [-0.3, -0.25) is 0 Å². The number of rotatable bonds is 4. The fourth-order valence-corrected chi connectivity index (χ4v) is 4.13. The molecule has 1 fully saturated rings. The van der Waals surface area contributed by atoms with E-state index in [2.05, 4.69) is 20.7 Å². The van der Waals surface area contributed by atoms with Crippen LogP contribution in [0, 0.1) is 5.92 Å². The summed E-state index contributed by atoms with van der Waals surface area (Å²) in [6.45, 7) is 0.535. The molecule has 0 aliphatic heterocycles. The molecule has 3 N–H and O–H groups in total. The quantitative estimate of drug-likeness (QED) is 0.877. The van der Waals surface area contributed by atoms with Gasteiger partial charge in [0.05, 0.1) is 4.90 Å². The molecule has 19 heavy (non-hydrogen) atoms. The highest BCUT2D eigenvalue weighted by atomic mass is 79.9. The Bertz CT molecular complexity index is 516. The summed E-state index contributed by atoms with van der Waals surface area (Å²) >= 11 is 3.30. The van der Waals surface area contributed by atoms with E-state index in [9.17, 15) is 8.42 Å². The molecule has 106 valence electrons. The van der Waals surface area contributed by atoms with Gasteiger partial charge in [0, 0.05) is 10.5 Å². The second-order valence-electron chi connectivity index (χ2n) is 4.96. The van der Waals surface area contributed by atoms with Crippen LogP contribution in [0.3, 0.4) is 0 Å². The summed E-state index contributed by atoms with van der Waals surface area (Å²) in [4.78, 5) is 0.303. The Morgan fingerprint density at radius 2 is 1.84 bits per heavy atom. The Balaban J connectivity index is 2.14. The molecule has 1 aromatic carbocycles. The molecule has 0 spiro atoms. The first-order valence-corrected chi connectivity index (χ1v) is 8.78. The van der Waals surface area contributed by atoms with Crippen LogP contribution in [0.1, 0.15) is 25.7 Å². The second-order valence-corrected chi connectivity index (χ2v) is 7.59. The van der Waals surface area contributed by atoms with Gasteiger partial charge in [-0.05, 0) is 49.6 Å². The first kappa shape index (κ1) is 15.0. The Morgan fingerprint density at radius 1 is 1.21 bits per heavy atom. The van der Waals surface area contributed by atoms with Crippen molar-refractivity contribution in [3.63, 3.8) is 0 Å². The molecule has 1 aromatic rings. The van der Waals surface area contributed by atoms with Gasteiger partial charge in [0.15, 0.2) is 0 Å². The van der Waals surface area contributed by atoms with Crippen molar-refractivity contribution in [1.82, 2.24) is 4.72 Å². The summed E-state index contributed by atoms with van der Waals surface area (Å²) in [6.07, 6.45) is 4.07. The van der Waals surface area contributed by atoms with Crippen LogP contribution in [0.15, 0.2) is 33.6 Å². The van der Waals surface area contributed by atoms with Gasteiger partial charge in [-0.1, -0.05) is 28.8 Å². The van der Waals surface area contributed by atoms with Crippen LogP contribution in [-0.2, 0) is 10.0 Å². The normalized spacial score (nSPS) is 24.3. The lowest BCUT2D eigenvalue weighted by molar-refractivity contribution is 0.296. The van der Waals surface area contributed by atoms with Crippen molar-refractivity contribution in [2.45, 2.75) is 36.6 Å². The summed E-state index contributed by atoms with van der Waals surface area (Å²) in [7, 11) is -3.45. The SMILES string of the molecule is NCC1CCCCC1NS(=O)(=O)c1ccc(Br)cc1. The Labute approximate surface area is 122 Å². The van der Waals surface area contributed by atoms with Gasteiger partial charge in [0.25, 0.3) is 0 Å². The minimum atomic E-state index is -3.45. The number of nitrogens with one attached hydrogen (secondary N) is 1. The van der Waals surface area contributed by atoms with E-state index in [4.69, 9.17) is 5.73 Å². The average molecular weight is 347 g/mol.